The smallest absolute Gasteiger partial charge is 0.393 e. The molecule has 0 amide bonds. The lowest BCUT2D eigenvalue weighted by Crippen LogP contribution is -2.33. The lowest BCUT2D eigenvalue weighted by Gasteiger charge is -2.18. The van der Waals surface area contributed by atoms with E-state index in [1.54, 1.807) is 6.07 Å². The van der Waals surface area contributed by atoms with Gasteiger partial charge in [-0.05, 0) is 6.92 Å². The molecule has 0 bridgehead atoms. The Kier molecular flexibility index (Phi) is 4.55. The Morgan fingerprint density at radius 3 is 2.56 bits per heavy atom. The second kappa shape index (κ2) is 6.51. The molecule has 2 heterocycles. The van der Waals surface area contributed by atoms with Gasteiger partial charge in [0.15, 0.2) is 5.76 Å². The van der Waals surface area contributed by atoms with Crippen molar-refractivity contribution in [3.8, 4) is 11.3 Å². The topological polar surface area (TPSA) is 66.6 Å². The molecule has 3 rings (SSSR count). The second-order valence-corrected chi connectivity index (χ2v) is 6.33. The molecule has 0 spiro atoms. The molecular weight excluding hydrogens is 337 g/mol. The number of hydrogen-bond acceptors (Lipinski definition) is 4. The van der Waals surface area contributed by atoms with Crippen LogP contribution in [0.4, 0.5) is 13.2 Å². The van der Waals surface area contributed by atoms with E-state index in [0.29, 0.717) is 11.5 Å². The highest BCUT2D eigenvalue weighted by Crippen LogP contribution is 2.38. The third-order valence-electron chi connectivity index (χ3n) is 4.42. The van der Waals surface area contributed by atoms with E-state index in [-0.39, 0.29) is 19.6 Å². The number of aryl methyl sites for hydroxylation is 1. The van der Waals surface area contributed by atoms with Crippen LogP contribution >= 0.6 is 0 Å². The monoisotopic (exact) mass is 354 g/mol. The zero-order valence-electron chi connectivity index (χ0n) is 13.5. The van der Waals surface area contributed by atoms with E-state index in [4.69, 9.17) is 9.63 Å². The summed E-state index contributed by atoms with van der Waals surface area (Å²) < 4.78 is 44.3. The third kappa shape index (κ3) is 3.84. The van der Waals surface area contributed by atoms with E-state index < -0.39 is 24.0 Å². The predicted molar refractivity (Wildman–Crippen MR) is 82.6 cm³/mol. The van der Waals surface area contributed by atoms with Gasteiger partial charge in [-0.3, -0.25) is 9.69 Å². The van der Waals surface area contributed by atoms with E-state index in [1.165, 1.54) is 4.90 Å². The van der Waals surface area contributed by atoms with Crippen LogP contribution in [0.3, 0.4) is 0 Å². The summed E-state index contributed by atoms with van der Waals surface area (Å²) in [4.78, 5) is 12.6. The summed E-state index contributed by atoms with van der Waals surface area (Å²) in [6.07, 6.45) is -4.54. The fraction of sp³-hybridized carbons (Fsp3) is 0.412. The Hall–Kier alpha value is -2.35. The summed E-state index contributed by atoms with van der Waals surface area (Å²) in [5.41, 5.74) is 2.54. The van der Waals surface area contributed by atoms with Crippen molar-refractivity contribution in [1.82, 2.24) is 10.1 Å². The summed E-state index contributed by atoms with van der Waals surface area (Å²) in [6.45, 7) is 1.53. The number of nitrogens with zero attached hydrogens (tertiary/aromatic N) is 2. The fourth-order valence-electron chi connectivity index (χ4n) is 3.06. The molecule has 5 nitrogen and oxygen atoms in total. The van der Waals surface area contributed by atoms with Crippen molar-refractivity contribution < 1.29 is 27.6 Å². The number of benzene rings is 1. The van der Waals surface area contributed by atoms with Crippen LogP contribution in [0.2, 0.25) is 0 Å². The van der Waals surface area contributed by atoms with Crippen molar-refractivity contribution in [3.05, 3.63) is 41.7 Å². The normalized spacial score (nSPS) is 21.6. The lowest BCUT2D eigenvalue weighted by molar-refractivity contribution is -0.188. The van der Waals surface area contributed by atoms with Gasteiger partial charge in [-0.15, -0.1) is 0 Å². The summed E-state index contributed by atoms with van der Waals surface area (Å²) in [5.74, 6) is -4.35. The predicted octanol–water partition coefficient (Wildman–Crippen LogP) is 3.34. The van der Waals surface area contributed by atoms with Crippen molar-refractivity contribution in [2.75, 3.05) is 13.1 Å². The van der Waals surface area contributed by atoms with Gasteiger partial charge in [0.1, 0.15) is 5.69 Å². The summed E-state index contributed by atoms with van der Waals surface area (Å²) >= 11 is 0. The zero-order valence-corrected chi connectivity index (χ0v) is 13.5. The van der Waals surface area contributed by atoms with E-state index in [1.807, 2.05) is 31.2 Å². The molecule has 1 aromatic heterocycles. The molecule has 1 N–H and O–H groups in total. The van der Waals surface area contributed by atoms with Gasteiger partial charge in [-0.2, -0.15) is 13.2 Å². The molecular formula is C17H17F3N2O3. The van der Waals surface area contributed by atoms with E-state index in [9.17, 15) is 18.0 Å². The molecule has 1 aliphatic heterocycles. The first-order chi connectivity index (χ1) is 11.7. The standard InChI is InChI=1S/C17H17F3N2O3/c1-10-2-4-11(5-3-10)15-6-12(25-21-15)7-22-8-13(16(23)24)14(9-22)17(18,19)20/h2-6,13-14H,7-9H2,1H3,(H,23,24)/t13-,14-/m1/s1. The van der Waals surface area contributed by atoms with E-state index in [2.05, 4.69) is 5.16 Å². The van der Waals surface area contributed by atoms with Crippen LogP contribution in [0.5, 0.6) is 0 Å². The van der Waals surface area contributed by atoms with Crippen LogP contribution < -0.4 is 0 Å². The number of halogens is 3. The first-order valence-electron chi connectivity index (χ1n) is 7.78. The molecule has 1 aliphatic rings. The Balaban J connectivity index is 1.71. The van der Waals surface area contributed by atoms with Gasteiger partial charge in [0.25, 0.3) is 0 Å². The maximum atomic E-state index is 13.0. The number of aromatic nitrogens is 1. The number of hydrogen-bond donors (Lipinski definition) is 1. The van der Waals surface area contributed by atoms with Crippen LogP contribution in [0.15, 0.2) is 34.9 Å². The number of rotatable bonds is 4. The van der Waals surface area contributed by atoms with Gasteiger partial charge in [0.2, 0.25) is 0 Å². The fourth-order valence-corrected chi connectivity index (χ4v) is 3.06. The average molecular weight is 354 g/mol. The first kappa shape index (κ1) is 17.5. The summed E-state index contributed by atoms with van der Waals surface area (Å²) in [6, 6.07) is 9.28. The molecule has 0 aliphatic carbocycles. The molecule has 0 radical (unpaired) electrons. The minimum absolute atomic E-state index is 0.0925. The Bertz CT molecular complexity index is 755. The van der Waals surface area contributed by atoms with Crippen LogP contribution in [-0.4, -0.2) is 40.4 Å². The Morgan fingerprint density at radius 2 is 2.00 bits per heavy atom. The highest BCUT2D eigenvalue weighted by atomic mass is 19.4. The average Bonchev–Trinajstić information content (AvgIpc) is 3.15. The molecule has 134 valence electrons. The van der Waals surface area contributed by atoms with Crippen molar-refractivity contribution in [2.24, 2.45) is 11.8 Å². The highest BCUT2D eigenvalue weighted by Gasteiger charge is 2.52. The number of likely N-dealkylation sites (tertiary alicyclic amines) is 1. The molecule has 8 heteroatoms. The largest absolute Gasteiger partial charge is 0.481 e. The maximum absolute atomic E-state index is 13.0. The minimum atomic E-state index is -4.54. The van der Waals surface area contributed by atoms with Gasteiger partial charge in [-0.1, -0.05) is 35.0 Å². The molecule has 0 unspecified atom stereocenters. The van der Waals surface area contributed by atoms with Crippen LogP contribution in [0, 0.1) is 18.8 Å². The van der Waals surface area contributed by atoms with Gasteiger partial charge in [0, 0.05) is 24.7 Å². The van der Waals surface area contributed by atoms with Gasteiger partial charge >= 0.3 is 12.1 Å². The van der Waals surface area contributed by atoms with Gasteiger partial charge in [0.05, 0.1) is 18.4 Å². The zero-order chi connectivity index (χ0) is 18.2. The minimum Gasteiger partial charge on any atom is -0.481 e. The summed E-state index contributed by atoms with van der Waals surface area (Å²) in [5, 5.41) is 13.0. The molecule has 1 saturated heterocycles. The SMILES string of the molecule is Cc1ccc(-c2cc(CN3C[C@@H](C(F)(F)F)[C@H](C(=O)O)C3)on2)cc1. The van der Waals surface area contributed by atoms with Gasteiger partial charge in [-0.25, -0.2) is 0 Å². The Labute approximate surface area is 142 Å². The van der Waals surface area contributed by atoms with Crippen molar-refractivity contribution in [2.45, 2.75) is 19.6 Å². The van der Waals surface area contributed by atoms with Crippen LogP contribution in [0.25, 0.3) is 11.3 Å². The third-order valence-corrected chi connectivity index (χ3v) is 4.42. The highest BCUT2D eigenvalue weighted by molar-refractivity contribution is 5.71. The number of carbonyl (C=O) groups is 1. The van der Waals surface area contributed by atoms with Crippen molar-refractivity contribution in [1.29, 1.82) is 0 Å². The van der Waals surface area contributed by atoms with Crippen molar-refractivity contribution in [3.63, 3.8) is 0 Å². The lowest BCUT2D eigenvalue weighted by atomic mass is 9.96. The van der Waals surface area contributed by atoms with Gasteiger partial charge < -0.3 is 9.63 Å². The van der Waals surface area contributed by atoms with E-state index in [0.717, 1.165) is 11.1 Å². The van der Waals surface area contributed by atoms with E-state index >= 15 is 0 Å². The summed E-state index contributed by atoms with van der Waals surface area (Å²) in [7, 11) is 0. The molecule has 0 saturated carbocycles. The maximum Gasteiger partial charge on any atom is 0.393 e. The van der Waals surface area contributed by atoms with Crippen molar-refractivity contribution >= 4 is 5.97 Å². The Morgan fingerprint density at radius 1 is 1.32 bits per heavy atom. The molecule has 2 aromatic rings. The number of alkyl halides is 3. The van der Waals surface area contributed by atoms with Crippen LogP contribution in [-0.2, 0) is 11.3 Å². The molecule has 1 fully saturated rings. The molecule has 2 atom stereocenters. The molecule has 25 heavy (non-hydrogen) atoms. The molecule has 1 aromatic carbocycles. The van der Waals surface area contributed by atoms with Crippen LogP contribution in [0.1, 0.15) is 11.3 Å². The number of carboxylic acids is 1. The quantitative estimate of drug-likeness (QED) is 0.912. The first-order valence-corrected chi connectivity index (χ1v) is 7.78. The number of carboxylic acid groups (broad SMARTS) is 1. The number of aliphatic carboxylic acids is 1. The second-order valence-electron chi connectivity index (χ2n) is 6.33.